The quantitative estimate of drug-likeness (QED) is 0.852. The van der Waals surface area contributed by atoms with Gasteiger partial charge in [0.2, 0.25) is 0 Å². The Bertz CT molecular complexity index is 601. The summed E-state index contributed by atoms with van der Waals surface area (Å²) in [5, 5.41) is 12.5. The van der Waals surface area contributed by atoms with Gasteiger partial charge in [-0.2, -0.15) is 0 Å². The SMILES string of the molecule is Cc1ccc(Br)c(NC(C)c2ccc(O)cc2F)c1. The zero-order valence-electron chi connectivity index (χ0n) is 10.7. The number of anilines is 1. The number of phenols is 1. The lowest BCUT2D eigenvalue weighted by molar-refractivity contribution is 0.467. The van der Waals surface area contributed by atoms with Gasteiger partial charge in [0.05, 0.1) is 6.04 Å². The highest BCUT2D eigenvalue weighted by Gasteiger charge is 2.12. The van der Waals surface area contributed by atoms with Crippen molar-refractivity contribution >= 4 is 21.6 Å². The molecule has 2 aromatic rings. The first-order valence-electron chi connectivity index (χ1n) is 5.98. The number of hydrogen-bond donors (Lipinski definition) is 2. The maximum atomic E-state index is 13.8. The molecule has 0 aromatic heterocycles. The topological polar surface area (TPSA) is 32.3 Å². The van der Waals surface area contributed by atoms with E-state index in [1.807, 2.05) is 32.0 Å². The molecule has 2 nitrogen and oxygen atoms in total. The van der Waals surface area contributed by atoms with Crippen molar-refractivity contribution in [3.63, 3.8) is 0 Å². The van der Waals surface area contributed by atoms with Crippen LogP contribution in [0.15, 0.2) is 40.9 Å². The van der Waals surface area contributed by atoms with Gasteiger partial charge < -0.3 is 10.4 Å². The third-order valence-corrected chi connectivity index (χ3v) is 3.64. The molecule has 0 aliphatic carbocycles. The highest BCUT2D eigenvalue weighted by atomic mass is 79.9. The molecule has 0 saturated heterocycles. The maximum absolute atomic E-state index is 13.8. The molecule has 0 saturated carbocycles. The van der Waals surface area contributed by atoms with Gasteiger partial charge in [0.1, 0.15) is 11.6 Å². The van der Waals surface area contributed by atoms with Crippen LogP contribution in [0.25, 0.3) is 0 Å². The Hall–Kier alpha value is -1.55. The second kappa shape index (κ2) is 5.61. The summed E-state index contributed by atoms with van der Waals surface area (Å²) in [4.78, 5) is 0. The Morgan fingerprint density at radius 1 is 1.21 bits per heavy atom. The minimum Gasteiger partial charge on any atom is -0.508 e. The normalized spacial score (nSPS) is 12.2. The van der Waals surface area contributed by atoms with Crippen LogP contribution in [0.2, 0.25) is 0 Å². The number of aryl methyl sites for hydroxylation is 1. The monoisotopic (exact) mass is 323 g/mol. The molecule has 2 rings (SSSR count). The molecule has 0 spiro atoms. The van der Waals surface area contributed by atoms with Crippen LogP contribution in [0.4, 0.5) is 10.1 Å². The third-order valence-electron chi connectivity index (χ3n) is 2.94. The van der Waals surface area contributed by atoms with E-state index in [9.17, 15) is 9.50 Å². The van der Waals surface area contributed by atoms with Crippen molar-refractivity contribution in [2.24, 2.45) is 0 Å². The lowest BCUT2D eigenvalue weighted by Gasteiger charge is -2.18. The van der Waals surface area contributed by atoms with Crippen LogP contribution in [0.3, 0.4) is 0 Å². The summed E-state index contributed by atoms with van der Waals surface area (Å²) in [5.41, 5.74) is 2.57. The average molecular weight is 324 g/mol. The van der Waals surface area contributed by atoms with Gasteiger partial charge in [0, 0.05) is 21.8 Å². The summed E-state index contributed by atoms with van der Waals surface area (Å²) < 4.78 is 14.7. The van der Waals surface area contributed by atoms with Gasteiger partial charge in [-0.05, 0) is 53.5 Å². The van der Waals surface area contributed by atoms with E-state index in [0.29, 0.717) is 5.56 Å². The van der Waals surface area contributed by atoms with Crippen LogP contribution >= 0.6 is 15.9 Å². The average Bonchev–Trinajstić information content (AvgIpc) is 2.33. The lowest BCUT2D eigenvalue weighted by Crippen LogP contribution is -2.09. The van der Waals surface area contributed by atoms with E-state index in [1.54, 1.807) is 6.07 Å². The van der Waals surface area contributed by atoms with Crippen molar-refractivity contribution < 1.29 is 9.50 Å². The number of phenolic OH excluding ortho intramolecular Hbond substituents is 1. The molecule has 1 atom stereocenters. The molecule has 19 heavy (non-hydrogen) atoms. The van der Waals surface area contributed by atoms with Crippen LogP contribution in [-0.4, -0.2) is 5.11 Å². The smallest absolute Gasteiger partial charge is 0.132 e. The fourth-order valence-corrected chi connectivity index (χ4v) is 2.29. The molecule has 0 aliphatic heterocycles. The zero-order chi connectivity index (χ0) is 14.0. The molecule has 0 aliphatic rings. The molecule has 0 amide bonds. The van der Waals surface area contributed by atoms with E-state index >= 15 is 0 Å². The van der Waals surface area contributed by atoms with Crippen LogP contribution in [0.5, 0.6) is 5.75 Å². The second-order valence-electron chi connectivity index (χ2n) is 4.56. The Morgan fingerprint density at radius 2 is 1.95 bits per heavy atom. The predicted molar refractivity (Wildman–Crippen MR) is 79.0 cm³/mol. The fraction of sp³-hybridized carbons (Fsp3) is 0.200. The Labute approximate surface area is 120 Å². The standard InChI is InChI=1S/C15H15BrFNO/c1-9-3-6-13(16)15(7-9)18-10(2)12-5-4-11(19)8-14(12)17/h3-8,10,18-19H,1-2H3. The van der Waals surface area contributed by atoms with E-state index in [1.165, 1.54) is 6.07 Å². The predicted octanol–water partition coefficient (Wildman–Crippen LogP) is 4.78. The van der Waals surface area contributed by atoms with Crippen molar-refractivity contribution in [2.75, 3.05) is 5.32 Å². The van der Waals surface area contributed by atoms with Crippen molar-refractivity contribution in [2.45, 2.75) is 19.9 Å². The van der Waals surface area contributed by atoms with E-state index < -0.39 is 5.82 Å². The molecule has 2 N–H and O–H groups in total. The molecule has 0 radical (unpaired) electrons. The lowest BCUT2D eigenvalue weighted by atomic mass is 10.1. The summed E-state index contributed by atoms with van der Waals surface area (Å²) >= 11 is 3.47. The molecular formula is C15H15BrFNO. The van der Waals surface area contributed by atoms with Crippen LogP contribution in [0.1, 0.15) is 24.1 Å². The molecular weight excluding hydrogens is 309 g/mol. The van der Waals surface area contributed by atoms with E-state index in [0.717, 1.165) is 21.8 Å². The van der Waals surface area contributed by atoms with Gasteiger partial charge in [-0.1, -0.05) is 12.1 Å². The highest BCUT2D eigenvalue weighted by Crippen LogP contribution is 2.29. The Morgan fingerprint density at radius 3 is 2.63 bits per heavy atom. The van der Waals surface area contributed by atoms with Crippen molar-refractivity contribution in [1.29, 1.82) is 0 Å². The molecule has 0 fully saturated rings. The molecule has 0 heterocycles. The summed E-state index contributed by atoms with van der Waals surface area (Å²) in [6.45, 7) is 3.88. The first-order valence-corrected chi connectivity index (χ1v) is 6.78. The van der Waals surface area contributed by atoms with E-state index in [-0.39, 0.29) is 11.8 Å². The number of benzene rings is 2. The van der Waals surface area contributed by atoms with E-state index in [2.05, 4.69) is 21.2 Å². The fourth-order valence-electron chi connectivity index (χ4n) is 1.93. The van der Waals surface area contributed by atoms with Gasteiger partial charge >= 0.3 is 0 Å². The minimum atomic E-state index is -0.413. The van der Waals surface area contributed by atoms with Crippen molar-refractivity contribution in [3.05, 3.63) is 57.8 Å². The molecule has 0 bridgehead atoms. The van der Waals surface area contributed by atoms with Crippen molar-refractivity contribution in [3.8, 4) is 5.75 Å². The molecule has 100 valence electrons. The summed E-state index contributed by atoms with van der Waals surface area (Å²) in [5.74, 6) is -0.478. The van der Waals surface area contributed by atoms with E-state index in [4.69, 9.17) is 0 Å². The van der Waals surface area contributed by atoms with Crippen LogP contribution < -0.4 is 5.32 Å². The Kier molecular flexibility index (Phi) is 4.10. The minimum absolute atomic E-state index is 0.0646. The molecule has 1 unspecified atom stereocenters. The molecule has 2 aromatic carbocycles. The number of hydrogen-bond acceptors (Lipinski definition) is 2. The van der Waals surface area contributed by atoms with Gasteiger partial charge in [0.25, 0.3) is 0 Å². The number of rotatable bonds is 3. The Balaban J connectivity index is 2.25. The van der Waals surface area contributed by atoms with Gasteiger partial charge in [-0.25, -0.2) is 4.39 Å². The highest BCUT2D eigenvalue weighted by molar-refractivity contribution is 9.10. The first-order chi connectivity index (χ1) is 8.97. The molecule has 4 heteroatoms. The van der Waals surface area contributed by atoms with Crippen LogP contribution in [0, 0.1) is 12.7 Å². The largest absolute Gasteiger partial charge is 0.508 e. The zero-order valence-corrected chi connectivity index (χ0v) is 12.3. The van der Waals surface area contributed by atoms with Crippen molar-refractivity contribution in [1.82, 2.24) is 0 Å². The summed E-state index contributed by atoms with van der Waals surface area (Å²) in [6.07, 6.45) is 0. The second-order valence-corrected chi connectivity index (χ2v) is 5.41. The van der Waals surface area contributed by atoms with Crippen LogP contribution in [-0.2, 0) is 0 Å². The number of aromatic hydroxyl groups is 1. The summed E-state index contributed by atoms with van der Waals surface area (Å²) in [7, 11) is 0. The van der Waals surface area contributed by atoms with Gasteiger partial charge in [0.15, 0.2) is 0 Å². The van der Waals surface area contributed by atoms with Gasteiger partial charge in [-0.3, -0.25) is 0 Å². The third kappa shape index (κ3) is 3.26. The first kappa shape index (κ1) is 13.9. The maximum Gasteiger partial charge on any atom is 0.132 e. The number of nitrogens with one attached hydrogen (secondary N) is 1. The van der Waals surface area contributed by atoms with Gasteiger partial charge in [-0.15, -0.1) is 0 Å². The number of halogens is 2. The summed E-state index contributed by atoms with van der Waals surface area (Å²) in [6, 6.07) is 9.96.